The third kappa shape index (κ3) is 4.58. The Bertz CT molecular complexity index is 1020. The van der Waals surface area contributed by atoms with Gasteiger partial charge in [0, 0.05) is 13.6 Å². The van der Waals surface area contributed by atoms with Gasteiger partial charge in [0.15, 0.2) is 0 Å². The first-order valence-electron chi connectivity index (χ1n) is 8.51. The van der Waals surface area contributed by atoms with Crippen molar-refractivity contribution in [3.63, 3.8) is 0 Å². The van der Waals surface area contributed by atoms with E-state index < -0.39 is 11.7 Å². The van der Waals surface area contributed by atoms with E-state index in [0.717, 1.165) is 17.2 Å². The number of nitrogens with zero attached hydrogens (tertiary/aromatic N) is 1. The zero-order valence-corrected chi connectivity index (χ0v) is 16.9. The van der Waals surface area contributed by atoms with Crippen LogP contribution in [0.3, 0.4) is 0 Å². The Kier molecular flexibility index (Phi) is 6.11. The second-order valence-corrected chi connectivity index (χ2v) is 7.81. The lowest BCUT2D eigenvalue weighted by atomic mass is 10.2. The summed E-state index contributed by atoms with van der Waals surface area (Å²) in [4.78, 5) is 27.4. The van der Waals surface area contributed by atoms with Gasteiger partial charge in [-0.15, -0.1) is 11.3 Å². The maximum Gasteiger partial charge on any atom is 0.264 e. The first-order valence-corrected chi connectivity index (χ1v) is 9.71. The fraction of sp³-hybridized carbons (Fsp3) is 0.143. The Balaban J connectivity index is 1.73. The highest BCUT2D eigenvalue weighted by atomic mass is 35.5. The van der Waals surface area contributed by atoms with Gasteiger partial charge in [-0.3, -0.25) is 9.59 Å². The van der Waals surface area contributed by atoms with Gasteiger partial charge in [0.2, 0.25) is 0 Å². The van der Waals surface area contributed by atoms with Crippen molar-refractivity contribution in [3.05, 3.63) is 87.0 Å². The van der Waals surface area contributed by atoms with E-state index in [1.54, 1.807) is 18.0 Å². The molecule has 0 saturated heterocycles. The van der Waals surface area contributed by atoms with E-state index >= 15 is 0 Å². The maximum absolute atomic E-state index is 13.2. The average molecular weight is 417 g/mol. The monoisotopic (exact) mass is 416 g/mol. The van der Waals surface area contributed by atoms with E-state index in [4.69, 9.17) is 11.6 Å². The highest BCUT2D eigenvalue weighted by molar-refractivity contribution is 7.18. The SMILES string of the molecule is Cc1cc(NC(=O)c2ccc(F)cc2Cl)sc1C(=O)N(C)Cc1ccccc1. The molecule has 1 N–H and O–H groups in total. The summed E-state index contributed by atoms with van der Waals surface area (Å²) in [5, 5.41) is 3.28. The molecule has 0 aliphatic rings. The molecule has 0 atom stereocenters. The van der Waals surface area contributed by atoms with Crippen molar-refractivity contribution < 1.29 is 14.0 Å². The number of hydrogen-bond donors (Lipinski definition) is 1. The molecule has 1 heterocycles. The van der Waals surface area contributed by atoms with E-state index in [0.29, 0.717) is 16.4 Å². The zero-order valence-electron chi connectivity index (χ0n) is 15.3. The number of anilines is 1. The molecule has 28 heavy (non-hydrogen) atoms. The Morgan fingerprint density at radius 3 is 2.54 bits per heavy atom. The van der Waals surface area contributed by atoms with Crippen LogP contribution >= 0.6 is 22.9 Å². The van der Waals surface area contributed by atoms with Crippen molar-refractivity contribution in [2.24, 2.45) is 0 Å². The van der Waals surface area contributed by atoms with Crippen LogP contribution in [0, 0.1) is 12.7 Å². The van der Waals surface area contributed by atoms with Crippen LogP contribution in [-0.2, 0) is 6.54 Å². The average Bonchev–Trinajstić information content (AvgIpc) is 3.01. The molecule has 0 saturated carbocycles. The molecule has 1 aromatic heterocycles. The lowest BCUT2D eigenvalue weighted by Crippen LogP contribution is -2.25. The Morgan fingerprint density at radius 1 is 1.14 bits per heavy atom. The minimum atomic E-state index is -0.511. The van der Waals surface area contributed by atoms with Gasteiger partial charge in [0.1, 0.15) is 5.82 Å². The molecular formula is C21H18ClFN2O2S. The number of hydrogen-bond acceptors (Lipinski definition) is 3. The van der Waals surface area contributed by atoms with Crippen molar-refractivity contribution in [1.82, 2.24) is 4.90 Å². The largest absolute Gasteiger partial charge is 0.337 e. The Hall–Kier alpha value is -2.70. The van der Waals surface area contributed by atoms with Gasteiger partial charge in [-0.2, -0.15) is 0 Å². The maximum atomic E-state index is 13.2. The standard InChI is InChI=1S/C21H18ClFN2O2S/c1-13-10-18(24-20(26)16-9-8-15(23)11-17(16)22)28-19(13)21(27)25(2)12-14-6-4-3-5-7-14/h3-11H,12H2,1-2H3,(H,24,26). The number of rotatable bonds is 5. The summed E-state index contributed by atoms with van der Waals surface area (Å²) in [5.41, 5.74) is 1.98. The topological polar surface area (TPSA) is 49.4 Å². The number of carbonyl (C=O) groups excluding carboxylic acids is 2. The van der Waals surface area contributed by atoms with Gasteiger partial charge in [-0.05, 0) is 42.3 Å². The van der Waals surface area contributed by atoms with Crippen LogP contribution in [0.4, 0.5) is 9.39 Å². The molecule has 144 valence electrons. The molecule has 0 fully saturated rings. The third-order valence-electron chi connectivity index (χ3n) is 4.13. The lowest BCUT2D eigenvalue weighted by Gasteiger charge is -2.16. The molecule has 7 heteroatoms. The van der Waals surface area contributed by atoms with Crippen LogP contribution in [0.1, 0.15) is 31.2 Å². The third-order valence-corrected chi connectivity index (χ3v) is 5.59. The van der Waals surface area contributed by atoms with Crippen LogP contribution in [-0.4, -0.2) is 23.8 Å². The summed E-state index contributed by atoms with van der Waals surface area (Å²) in [5.74, 6) is -1.09. The number of halogens is 2. The number of amides is 2. The normalized spacial score (nSPS) is 10.6. The van der Waals surface area contributed by atoms with E-state index in [9.17, 15) is 14.0 Å². The predicted molar refractivity (Wildman–Crippen MR) is 111 cm³/mol. The predicted octanol–water partition coefficient (Wildman–Crippen LogP) is 5.37. The van der Waals surface area contributed by atoms with E-state index in [-0.39, 0.29) is 16.5 Å². The van der Waals surface area contributed by atoms with Crippen molar-refractivity contribution in [3.8, 4) is 0 Å². The summed E-state index contributed by atoms with van der Waals surface area (Å²) in [7, 11) is 1.74. The summed E-state index contributed by atoms with van der Waals surface area (Å²) in [6, 6.07) is 15.0. The van der Waals surface area contributed by atoms with Crippen molar-refractivity contribution in [2.75, 3.05) is 12.4 Å². The molecule has 0 unspecified atom stereocenters. The summed E-state index contributed by atoms with van der Waals surface area (Å²) >= 11 is 7.14. The second-order valence-electron chi connectivity index (χ2n) is 6.35. The van der Waals surface area contributed by atoms with E-state index in [1.165, 1.54) is 23.5 Å². The number of nitrogens with one attached hydrogen (secondary N) is 1. The fourth-order valence-electron chi connectivity index (χ4n) is 2.71. The van der Waals surface area contributed by atoms with Gasteiger partial charge in [0.25, 0.3) is 11.8 Å². The van der Waals surface area contributed by atoms with Crippen LogP contribution in [0.25, 0.3) is 0 Å². The highest BCUT2D eigenvalue weighted by Gasteiger charge is 2.19. The van der Waals surface area contributed by atoms with E-state index in [1.807, 2.05) is 37.3 Å². The van der Waals surface area contributed by atoms with Crippen LogP contribution in [0.2, 0.25) is 5.02 Å². The quantitative estimate of drug-likeness (QED) is 0.607. The van der Waals surface area contributed by atoms with Crippen LogP contribution in [0.15, 0.2) is 54.6 Å². The molecule has 2 amide bonds. The van der Waals surface area contributed by atoms with Crippen LogP contribution in [0.5, 0.6) is 0 Å². The summed E-state index contributed by atoms with van der Waals surface area (Å²) in [6.07, 6.45) is 0. The highest BCUT2D eigenvalue weighted by Crippen LogP contribution is 2.29. The molecule has 3 aromatic rings. The molecule has 0 bridgehead atoms. The van der Waals surface area contributed by atoms with Crippen LogP contribution < -0.4 is 5.32 Å². The summed E-state index contributed by atoms with van der Waals surface area (Å²) < 4.78 is 13.2. The smallest absolute Gasteiger partial charge is 0.264 e. The van der Waals surface area contributed by atoms with Gasteiger partial charge >= 0.3 is 0 Å². The van der Waals surface area contributed by atoms with Gasteiger partial charge in [0.05, 0.1) is 20.5 Å². The second kappa shape index (κ2) is 8.54. The minimum Gasteiger partial charge on any atom is -0.337 e. The Morgan fingerprint density at radius 2 is 1.86 bits per heavy atom. The molecule has 4 nitrogen and oxygen atoms in total. The van der Waals surface area contributed by atoms with Crippen molar-refractivity contribution >= 4 is 39.8 Å². The number of aryl methyl sites for hydroxylation is 1. The molecule has 2 aromatic carbocycles. The van der Waals surface area contributed by atoms with Gasteiger partial charge < -0.3 is 10.2 Å². The number of thiophene rings is 1. The minimum absolute atomic E-state index is 0.0321. The van der Waals surface area contributed by atoms with Crippen molar-refractivity contribution in [1.29, 1.82) is 0 Å². The molecule has 3 rings (SSSR count). The first kappa shape index (κ1) is 20.0. The number of benzene rings is 2. The Labute approximate surface area is 171 Å². The zero-order chi connectivity index (χ0) is 20.3. The van der Waals surface area contributed by atoms with E-state index in [2.05, 4.69) is 5.32 Å². The molecule has 0 aliphatic carbocycles. The first-order chi connectivity index (χ1) is 13.3. The summed E-state index contributed by atoms with van der Waals surface area (Å²) in [6.45, 7) is 2.31. The van der Waals surface area contributed by atoms with Gasteiger partial charge in [-0.1, -0.05) is 41.9 Å². The molecule has 0 spiro atoms. The molecule has 0 radical (unpaired) electrons. The number of carbonyl (C=O) groups is 2. The molecule has 0 aliphatic heterocycles. The fourth-order valence-corrected chi connectivity index (χ4v) is 4.03. The lowest BCUT2D eigenvalue weighted by molar-refractivity contribution is 0.0789. The molecular weight excluding hydrogens is 399 g/mol. The van der Waals surface area contributed by atoms with Crippen molar-refractivity contribution in [2.45, 2.75) is 13.5 Å². The van der Waals surface area contributed by atoms with Gasteiger partial charge in [-0.25, -0.2) is 4.39 Å².